The first-order chi connectivity index (χ1) is 13.7. The van der Waals surface area contributed by atoms with Gasteiger partial charge in [0, 0.05) is 31.9 Å². The van der Waals surface area contributed by atoms with Gasteiger partial charge in [0.05, 0.1) is 19.9 Å². The minimum Gasteiger partial charge on any atom is -0.497 e. The average molecular weight is 380 g/mol. The van der Waals surface area contributed by atoms with Gasteiger partial charge in [0.25, 0.3) is 0 Å². The van der Waals surface area contributed by atoms with Gasteiger partial charge in [-0.25, -0.2) is 9.97 Å². The fourth-order valence-electron chi connectivity index (χ4n) is 3.33. The molecule has 0 saturated carbocycles. The molecule has 1 fully saturated rings. The van der Waals surface area contributed by atoms with Crippen molar-refractivity contribution in [1.29, 1.82) is 0 Å². The Morgan fingerprint density at radius 2 is 1.82 bits per heavy atom. The van der Waals surface area contributed by atoms with Crippen molar-refractivity contribution in [3.8, 4) is 5.75 Å². The summed E-state index contributed by atoms with van der Waals surface area (Å²) >= 11 is 0. The highest BCUT2D eigenvalue weighted by Crippen LogP contribution is 2.28. The van der Waals surface area contributed by atoms with E-state index in [0.29, 0.717) is 18.1 Å². The molecular formula is C20H24N6O2. The summed E-state index contributed by atoms with van der Waals surface area (Å²) in [6.45, 7) is 3.99. The number of methoxy groups -OCH3 is 1. The van der Waals surface area contributed by atoms with Gasteiger partial charge in [0.15, 0.2) is 11.6 Å². The van der Waals surface area contributed by atoms with E-state index in [2.05, 4.69) is 37.2 Å². The summed E-state index contributed by atoms with van der Waals surface area (Å²) in [5.74, 6) is 3.09. The number of hydrogen-bond acceptors (Lipinski definition) is 8. The SMILES string of the molecule is COc1ccc(N2CCN(c3ncnc(NCc4ccco4)c3N)CC2)cc1. The first-order valence-corrected chi connectivity index (χ1v) is 9.25. The fraction of sp³-hybridized carbons (Fsp3) is 0.300. The van der Waals surface area contributed by atoms with Crippen LogP contribution >= 0.6 is 0 Å². The molecule has 0 amide bonds. The molecule has 8 heteroatoms. The van der Waals surface area contributed by atoms with Crippen LogP contribution in [0.3, 0.4) is 0 Å². The lowest BCUT2D eigenvalue weighted by Crippen LogP contribution is -2.47. The molecule has 0 atom stereocenters. The van der Waals surface area contributed by atoms with Crippen LogP contribution in [-0.2, 0) is 6.54 Å². The Hall–Kier alpha value is -3.42. The molecule has 1 aliphatic rings. The van der Waals surface area contributed by atoms with E-state index in [1.165, 1.54) is 5.69 Å². The first kappa shape index (κ1) is 18.0. The van der Waals surface area contributed by atoms with Crippen LogP contribution in [0, 0.1) is 0 Å². The number of benzene rings is 1. The maximum atomic E-state index is 6.34. The third kappa shape index (κ3) is 3.80. The number of ether oxygens (including phenoxy) is 1. The van der Waals surface area contributed by atoms with Crippen molar-refractivity contribution in [1.82, 2.24) is 9.97 Å². The van der Waals surface area contributed by atoms with E-state index in [1.54, 1.807) is 19.7 Å². The lowest BCUT2D eigenvalue weighted by molar-refractivity contribution is 0.415. The number of nitrogens with one attached hydrogen (secondary N) is 1. The predicted molar refractivity (Wildman–Crippen MR) is 110 cm³/mol. The number of piperazine rings is 1. The van der Waals surface area contributed by atoms with E-state index in [1.807, 2.05) is 24.3 Å². The van der Waals surface area contributed by atoms with Gasteiger partial charge in [-0.15, -0.1) is 0 Å². The van der Waals surface area contributed by atoms with Gasteiger partial charge in [-0.3, -0.25) is 0 Å². The number of nitrogens with two attached hydrogens (primary N) is 1. The minimum atomic E-state index is 0.527. The van der Waals surface area contributed by atoms with Crippen LogP contribution in [0.1, 0.15) is 5.76 Å². The molecule has 28 heavy (non-hydrogen) atoms. The van der Waals surface area contributed by atoms with Gasteiger partial charge < -0.3 is 30.0 Å². The Balaban J connectivity index is 1.40. The molecule has 1 aromatic carbocycles. The van der Waals surface area contributed by atoms with Crippen LogP contribution in [0.5, 0.6) is 5.75 Å². The van der Waals surface area contributed by atoms with Crippen molar-refractivity contribution >= 4 is 23.0 Å². The van der Waals surface area contributed by atoms with Crippen molar-refractivity contribution in [2.24, 2.45) is 0 Å². The van der Waals surface area contributed by atoms with Gasteiger partial charge in [-0.1, -0.05) is 0 Å². The second kappa shape index (κ2) is 8.08. The third-order valence-corrected chi connectivity index (χ3v) is 4.89. The Kier molecular flexibility index (Phi) is 5.18. The number of nitrogens with zero attached hydrogens (tertiary/aromatic N) is 4. The monoisotopic (exact) mass is 380 g/mol. The maximum Gasteiger partial charge on any atom is 0.157 e. The van der Waals surface area contributed by atoms with Crippen molar-refractivity contribution in [3.63, 3.8) is 0 Å². The van der Waals surface area contributed by atoms with E-state index < -0.39 is 0 Å². The molecule has 8 nitrogen and oxygen atoms in total. The smallest absolute Gasteiger partial charge is 0.157 e. The molecule has 0 bridgehead atoms. The number of rotatable bonds is 6. The summed E-state index contributed by atoms with van der Waals surface area (Å²) in [7, 11) is 1.68. The zero-order chi connectivity index (χ0) is 19.3. The fourth-order valence-corrected chi connectivity index (χ4v) is 3.33. The summed E-state index contributed by atoms with van der Waals surface area (Å²) in [6.07, 6.45) is 3.19. The number of aromatic nitrogens is 2. The zero-order valence-corrected chi connectivity index (χ0v) is 15.8. The Bertz CT molecular complexity index is 890. The second-order valence-electron chi connectivity index (χ2n) is 6.56. The van der Waals surface area contributed by atoms with Crippen molar-refractivity contribution in [2.45, 2.75) is 6.54 Å². The Morgan fingerprint density at radius 3 is 2.50 bits per heavy atom. The second-order valence-corrected chi connectivity index (χ2v) is 6.56. The van der Waals surface area contributed by atoms with Gasteiger partial charge in [0.1, 0.15) is 23.5 Å². The van der Waals surface area contributed by atoms with E-state index in [0.717, 1.165) is 43.5 Å². The molecule has 146 valence electrons. The Morgan fingerprint density at radius 1 is 1.07 bits per heavy atom. The number of hydrogen-bond donors (Lipinski definition) is 2. The highest BCUT2D eigenvalue weighted by molar-refractivity contribution is 5.75. The summed E-state index contributed by atoms with van der Waals surface area (Å²) in [6, 6.07) is 11.9. The quantitative estimate of drug-likeness (QED) is 0.674. The third-order valence-electron chi connectivity index (χ3n) is 4.89. The Labute approximate surface area is 163 Å². The van der Waals surface area contributed by atoms with Gasteiger partial charge >= 0.3 is 0 Å². The largest absolute Gasteiger partial charge is 0.497 e. The molecule has 3 heterocycles. The molecule has 2 aromatic heterocycles. The molecule has 0 unspecified atom stereocenters. The van der Waals surface area contributed by atoms with Crippen LogP contribution in [0.25, 0.3) is 0 Å². The number of nitrogen functional groups attached to an aromatic ring is 1. The normalized spacial score (nSPS) is 14.2. The van der Waals surface area contributed by atoms with Gasteiger partial charge in [0.2, 0.25) is 0 Å². The molecule has 4 rings (SSSR count). The van der Waals surface area contributed by atoms with Crippen molar-refractivity contribution < 1.29 is 9.15 Å². The van der Waals surface area contributed by atoms with Crippen LogP contribution in [-0.4, -0.2) is 43.3 Å². The van der Waals surface area contributed by atoms with Crippen LogP contribution in [0.4, 0.5) is 23.0 Å². The lowest BCUT2D eigenvalue weighted by Gasteiger charge is -2.37. The van der Waals surface area contributed by atoms with Crippen molar-refractivity contribution in [2.75, 3.05) is 54.1 Å². The summed E-state index contributed by atoms with van der Waals surface area (Å²) in [4.78, 5) is 13.2. The predicted octanol–water partition coefficient (Wildman–Crippen LogP) is 2.60. The molecule has 0 spiro atoms. The van der Waals surface area contributed by atoms with Gasteiger partial charge in [-0.05, 0) is 36.4 Å². The van der Waals surface area contributed by atoms with Crippen LogP contribution in [0.2, 0.25) is 0 Å². The summed E-state index contributed by atoms with van der Waals surface area (Å²) in [5.41, 5.74) is 8.10. The zero-order valence-electron chi connectivity index (χ0n) is 15.8. The van der Waals surface area contributed by atoms with E-state index in [-0.39, 0.29) is 0 Å². The molecule has 3 aromatic rings. The lowest BCUT2D eigenvalue weighted by atomic mass is 10.2. The standard InChI is InChI=1S/C20H24N6O2/c1-27-16-6-4-15(5-7-16)25-8-10-26(11-9-25)20-18(21)19(23-14-24-20)22-13-17-3-2-12-28-17/h2-7,12,14H,8-11,13,21H2,1H3,(H,22,23,24). The molecule has 0 radical (unpaired) electrons. The first-order valence-electron chi connectivity index (χ1n) is 9.25. The van der Waals surface area contributed by atoms with E-state index in [9.17, 15) is 0 Å². The highest BCUT2D eigenvalue weighted by Gasteiger charge is 2.21. The molecule has 3 N–H and O–H groups in total. The minimum absolute atomic E-state index is 0.527. The van der Waals surface area contributed by atoms with E-state index >= 15 is 0 Å². The molecule has 1 saturated heterocycles. The van der Waals surface area contributed by atoms with Crippen molar-refractivity contribution in [3.05, 3.63) is 54.7 Å². The van der Waals surface area contributed by atoms with Crippen LogP contribution < -0.4 is 25.6 Å². The number of anilines is 4. The van der Waals surface area contributed by atoms with Crippen LogP contribution in [0.15, 0.2) is 53.4 Å². The summed E-state index contributed by atoms with van der Waals surface area (Å²) < 4.78 is 10.6. The topological polar surface area (TPSA) is 92.7 Å². The average Bonchev–Trinajstić information content (AvgIpc) is 3.27. The molecule has 0 aliphatic carbocycles. The van der Waals surface area contributed by atoms with Gasteiger partial charge in [-0.2, -0.15) is 0 Å². The summed E-state index contributed by atoms with van der Waals surface area (Å²) in [5, 5.41) is 3.22. The number of furan rings is 1. The molecular weight excluding hydrogens is 356 g/mol. The highest BCUT2D eigenvalue weighted by atomic mass is 16.5. The maximum absolute atomic E-state index is 6.34. The molecule has 1 aliphatic heterocycles. The van der Waals surface area contributed by atoms with E-state index in [4.69, 9.17) is 14.9 Å².